The summed E-state index contributed by atoms with van der Waals surface area (Å²) < 4.78 is 0. The molecule has 2 aromatic rings. The standard InChI is InChI=1S/C22H24N2O2/c1-22(2,3)23-21(26)16-12-20(25)24(13-16)17-8-9-19-15(11-17)10-14-6-4-5-7-18(14)19/h4-9,11,16H,10,12-13H2,1-3H3,(H,23,26). The average molecular weight is 348 g/mol. The van der Waals surface area contributed by atoms with Crippen molar-refractivity contribution in [3.05, 3.63) is 53.6 Å². The Kier molecular flexibility index (Phi) is 3.87. The minimum absolute atomic E-state index is 0.0227. The molecule has 4 nitrogen and oxygen atoms in total. The summed E-state index contributed by atoms with van der Waals surface area (Å²) in [7, 11) is 0. The fraction of sp³-hybridized carbons (Fsp3) is 0.364. The molecule has 1 aliphatic carbocycles. The summed E-state index contributed by atoms with van der Waals surface area (Å²) in [6.45, 7) is 6.32. The van der Waals surface area contributed by atoms with E-state index in [9.17, 15) is 9.59 Å². The molecule has 1 atom stereocenters. The van der Waals surface area contributed by atoms with Gasteiger partial charge in [-0.05, 0) is 61.6 Å². The lowest BCUT2D eigenvalue weighted by atomic mass is 10.0. The van der Waals surface area contributed by atoms with Crippen LogP contribution in [-0.2, 0) is 16.0 Å². The van der Waals surface area contributed by atoms with E-state index in [4.69, 9.17) is 0 Å². The maximum absolute atomic E-state index is 12.5. The van der Waals surface area contributed by atoms with Gasteiger partial charge in [0.1, 0.15) is 0 Å². The van der Waals surface area contributed by atoms with Crippen molar-refractivity contribution < 1.29 is 9.59 Å². The molecule has 0 saturated carbocycles. The number of nitrogens with zero attached hydrogens (tertiary/aromatic N) is 1. The van der Waals surface area contributed by atoms with Gasteiger partial charge in [0.25, 0.3) is 0 Å². The Morgan fingerprint density at radius 1 is 1.08 bits per heavy atom. The molecule has 1 aliphatic heterocycles. The van der Waals surface area contributed by atoms with E-state index in [0.717, 1.165) is 12.1 Å². The zero-order valence-corrected chi connectivity index (χ0v) is 15.5. The van der Waals surface area contributed by atoms with Gasteiger partial charge in [-0.3, -0.25) is 9.59 Å². The Labute approximate surface area is 154 Å². The third kappa shape index (κ3) is 3.00. The van der Waals surface area contributed by atoms with Crippen LogP contribution >= 0.6 is 0 Å². The molecule has 1 unspecified atom stereocenters. The van der Waals surface area contributed by atoms with Crippen molar-refractivity contribution in [2.24, 2.45) is 5.92 Å². The number of carbonyl (C=O) groups is 2. The molecular weight excluding hydrogens is 324 g/mol. The predicted octanol–water partition coefficient (Wildman–Crippen LogP) is 3.53. The van der Waals surface area contributed by atoms with Crippen LogP contribution in [0.4, 0.5) is 5.69 Å². The molecule has 0 bridgehead atoms. The van der Waals surface area contributed by atoms with E-state index in [-0.39, 0.29) is 29.7 Å². The average Bonchev–Trinajstić information content (AvgIpc) is 3.13. The highest BCUT2D eigenvalue weighted by Crippen LogP contribution is 2.39. The van der Waals surface area contributed by atoms with Gasteiger partial charge >= 0.3 is 0 Å². The molecule has 0 radical (unpaired) electrons. The molecule has 0 spiro atoms. The van der Waals surface area contributed by atoms with Crippen molar-refractivity contribution in [3.63, 3.8) is 0 Å². The highest BCUT2D eigenvalue weighted by atomic mass is 16.2. The van der Waals surface area contributed by atoms with Crippen LogP contribution in [0.1, 0.15) is 38.3 Å². The van der Waals surface area contributed by atoms with Gasteiger partial charge in [-0.25, -0.2) is 0 Å². The lowest BCUT2D eigenvalue weighted by Gasteiger charge is -2.23. The molecule has 2 amide bonds. The molecular formula is C22H24N2O2. The molecule has 0 aromatic heterocycles. The number of nitrogens with one attached hydrogen (secondary N) is 1. The second-order valence-corrected chi connectivity index (χ2v) is 8.32. The number of rotatable bonds is 2. The molecule has 2 aromatic carbocycles. The van der Waals surface area contributed by atoms with Crippen LogP contribution in [-0.4, -0.2) is 23.9 Å². The van der Waals surface area contributed by atoms with Crippen molar-refractivity contribution in [1.29, 1.82) is 0 Å². The summed E-state index contributed by atoms with van der Waals surface area (Å²) in [5.74, 6) is -0.302. The molecule has 1 heterocycles. The Balaban J connectivity index is 1.55. The van der Waals surface area contributed by atoms with Gasteiger partial charge in [0.2, 0.25) is 11.8 Å². The first-order valence-corrected chi connectivity index (χ1v) is 9.15. The smallest absolute Gasteiger partial charge is 0.227 e. The van der Waals surface area contributed by atoms with Crippen molar-refractivity contribution in [3.8, 4) is 11.1 Å². The van der Waals surface area contributed by atoms with Crippen LogP contribution in [0, 0.1) is 5.92 Å². The maximum atomic E-state index is 12.5. The summed E-state index contributed by atoms with van der Waals surface area (Å²) in [4.78, 5) is 26.7. The van der Waals surface area contributed by atoms with Crippen molar-refractivity contribution in [1.82, 2.24) is 5.32 Å². The summed E-state index contributed by atoms with van der Waals surface area (Å²) in [5.41, 5.74) is 5.72. The molecule has 4 heteroatoms. The molecule has 1 fully saturated rings. The third-order valence-electron chi connectivity index (χ3n) is 5.08. The summed E-state index contributed by atoms with van der Waals surface area (Å²) in [5, 5.41) is 2.99. The molecule has 1 N–H and O–H groups in total. The van der Waals surface area contributed by atoms with E-state index >= 15 is 0 Å². The van der Waals surface area contributed by atoms with E-state index in [1.807, 2.05) is 26.8 Å². The van der Waals surface area contributed by atoms with Gasteiger partial charge in [-0.15, -0.1) is 0 Å². The molecule has 2 aliphatic rings. The summed E-state index contributed by atoms with van der Waals surface area (Å²) in [6, 6.07) is 14.6. The van der Waals surface area contributed by atoms with Crippen LogP contribution in [0.2, 0.25) is 0 Å². The van der Waals surface area contributed by atoms with Crippen LogP contribution in [0.25, 0.3) is 11.1 Å². The number of anilines is 1. The van der Waals surface area contributed by atoms with E-state index in [0.29, 0.717) is 6.54 Å². The second-order valence-electron chi connectivity index (χ2n) is 8.32. The van der Waals surface area contributed by atoms with Gasteiger partial charge < -0.3 is 10.2 Å². The van der Waals surface area contributed by atoms with Crippen LogP contribution in [0.15, 0.2) is 42.5 Å². The quantitative estimate of drug-likeness (QED) is 0.770. The highest BCUT2D eigenvalue weighted by Gasteiger charge is 2.36. The minimum Gasteiger partial charge on any atom is -0.351 e. The summed E-state index contributed by atoms with van der Waals surface area (Å²) in [6.07, 6.45) is 1.18. The fourth-order valence-corrected chi connectivity index (χ4v) is 3.90. The molecule has 26 heavy (non-hydrogen) atoms. The van der Waals surface area contributed by atoms with Crippen LogP contribution < -0.4 is 10.2 Å². The second kappa shape index (κ2) is 5.97. The first-order chi connectivity index (χ1) is 12.3. The van der Waals surface area contributed by atoms with E-state index < -0.39 is 0 Å². The third-order valence-corrected chi connectivity index (χ3v) is 5.08. The predicted molar refractivity (Wildman–Crippen MR) is 103 cm³/mol. The Morgan fingerprint density at radius 2 is 1.81 bits per heavy atom. The zero-order chi connectivity index (χ0) is 18.5. The summed E-state index contributed by atoms with van der Waals surface area (Å²) >= 11 is 0. The van der Waals surface area contributed by atoms with Crippen molar-refractivity contribution in [2.45, 2.75) is 39.2 Å². The van der Waals surface area contributed by atoms with Crippen molar-refractivity contribution >= 4 is 17.5 Å². The van der Waals surface area contributed by atoms with Crippen LogP contribution in [0.3, 0.4) is 0 Å². The Morgan fingerprint density at radius 3 is 2.58 bits per heavy atom. The lowest BCUT2D eigenvalue weighted by molar-refractivity contribution is -0.127. The maximum Gasteiger partial charge on any atom is 0.227 e. The van der Waals surface area contributed by atoms with Gasteiger partial charge in [0.15, 0.2) is 0 Å². The first-order valence-electron chi connectivity index (χ1n) is 9.15. The van der Waals surface area contributed by atoms with Crippen molar-refractivity contribution in [2.75, 3.05) is 11.4 Å². The minimum atomic E-state index is -0.285. The highest BCUT2D eigenvalue weighted by molar-refractivity contribution is 6.00. The van der Waals surface area contributed by atoms with Crippen LogP contribution in [0.5, 0.6) is 0 Å². The number of fused-ring (bicyclic) bond motifs is 3. The van der Waals surface area contributed by atoms with Gasteiger partial charge in [0.05, 0.1) is 5.92 Å². The van der Waals surface area contributed by atoms with Gasteiger partial charge in [0, 0.05) is 24.2 Å². The number of hydrogen-bond donors (Lipinski definition) is 1. The SMILES string of the molecule is CC(C)(C)NC(=O)C1CC(=O)N(c2ccc3c(c2)Cc2ccccc2-3)C1. The zero-order valence-electron chi connectivity index (χ0n) is 15.5. The van der Waals surface area contributed by atoms with E-state index in [2.05, 4.69) is 41.7 Å². The number of amides is 2. The number of hydrogen-bond acceptors (Lipinski definition) is 2. The van der Waals surface area contributed by atoms with E-state index in [1.165, 1.54) is 22.3 Å². The van der Waals surface area contributed by atoms with E-state index in [1.54, 1.807) is 4.90 Å². The van der Waals surface area contributed by atoms with Gasteiger partial charge in [-0.1, -0.05) is 30.3 Å². The molecule has 134 valence electrons. The topological polar surface area (TPSA) is 49.4 Å². The monoisotopic (exact) mass is 348 g/mol. The molecule has 1 saturated heterocycles. The normalized spacial score (nSPS) is 18.7. The Hall–Kier alpha value is -2.62. The first kappa shape index (κ1) is 16.8. The Bertz CT molecular complexity index is 895. The fourth-order valence-electron chi connectivity index (χ4n) is 3.90. The lowest BCUT2D eigenvalue weighted by Crippen LogP contribution is -2.44. The van der Waals surface area contributed by atoms with Gasteiger partial charge in [-0.2, -0.15) is 0 Å². The number of carbonyl (C=O) groups excluding carboxylic acids is 2. The number of benzene rings is 2. The molecule has 4 rings (SSSR count). The largest absolute Gasteiger partial charge is 0.351 e.